The molecule has 0 atom stereocenters. The first-order valence-corrected chi connectivity index (χ1v) is 12.6. The van der Waals surface area contributed by atoms with Gasteiger partial charge in [0.05, 0.1) is 0 Å². The first kappa shape index (κ1) is 22.1. The molecule has 0 N–H and O–H groups in total. The van der Waals surface area contributed by atoms with Crippen LogP contribution in [0.25, 0.3) is 33.0 Å². The predicted octanol–water partition coefficient (Wildman–Crippen LogP) is 9.36. The third-order valence-corrected chi connectivity index (χ3v) is 6.98. The zero-order valence-corrected chi connectivity index (χ0v) is 20.3. The van der Waals surface area contributed by atoms with Crippen molar-refractivity contribution in [1.82, 2.24) is 0 Å². The van der Waals surface area contributed by atoms with Crippen molar-refractivity contribution >= 4 is 10.8 Å². The molecule has 6 rings (SSSR count). The van der Waals surface area contributed by atoms with E-state index in [0.29, 0.717) is 0 Å². The van der Waals surface area contributed by atoms with Gasteiger partial charge in [-0.2, -0.15) is 0 Å². The second-order valence-corrected chi connectivity index (χ2v) is 9.45. The van der Waals surface area contributed by atoms with Crippen molar-refractivity contribution in [3.8, 4) is 22.3 Å². The van der Waals surface area contributed by atoms with Crippen LogP contribution in [0.15, 0.2) is 146 Å². The molecule has 0 radical (unpaired) electrons. The van der Waals surface area contributed by atoms with Crippen LogP contribution in [0.1, 0.15) is 22.3 Å². The molecule has 6 aromatic rings. The molecule has 0 bridgehead atoms. The van der Waals surface area contributed by atoms with Crippen molar-refractivity contribution in [3.63, 3.8) is 0 Å². The van der Waals surface area contributed by atoms with E-state index in [0.717, 1.165) is 12.8 Å². The standard InChI is InChI=1S/C36H28/c1-3-9-29(10-4-1)32-18-15-27(16-19-32)23-36-26-35(30-11-5-2-6-12-30)22-21-34(36)25-28-17-20-31-13-7-8-14-33(31)24-28/h1-22,24,26H,23,25H2. The average Bonchev–Trinajstić information content (AvgIpc) is 2.95. The normalized spacial score (nSPS) is 11.0. The number of fused-ring (bicyclic) bond motifs is 1. The molecule has 172 valence electrons. The highest BCUT2D eigenvalue weighted by molar-refractivity contribution is 5.83. The maximum Gasteiger partial charge on any atom is -0.00227 e. The third-order valence-electron chi connectivity index (χ3n) is 6.98. The van der Waals surface area contributed by atoms with Crippen LogP contribution in [-0.2, 0) is 12.8 Å². The Bertz CT molecular complexity index is 1590. The van der Waals surface area contributed by atoms with Gasteiger partial charge in [-0.25, -0.2) is 0 Å². The van der Waals surface area contributed by atoms with Crippen molar-refractivity contribution in [1.29, 1.82) is 0 Å². The van der Waals surface area contributed by atoms with Gasteiger partial charge in [0.25, 0.3) is 0 Å². The molecule has 36 heavy (non-hydrogen) atoms. The van der Waals surface area contributed by atoms with E-state index in [4.69, 9.17) is 0 Å². The van der Waals surface area contributed by atoms with E-state index >= 15 is 0 Å². The Labute approximate surface area is 213 Å². The summed E-state index contributed by atoms with van der Waals surface area (Å²) in [6.07, 6.45) is 1.84. The van der Waals surface area contributed by atoms with Gasteiger partial charge < -0.3 is 0 Å². The lowest BCUT2D eigenvalue weighted by atomic mass is 9.91. The van der Waals surface area contributed by atoms with Gasteiger partial charge in [0.15, 0.2) is 0 Å². The summed E-state index contributed by atoms with van der Waals surface area (Å²) in [5, 5.41) is 2.59. The van der Waals surface area contributed by atoms with Gasteiger partial charge in [-0.1, -0.05) is 146 Å². The summed E-state index contributed by atoms with van der Waals surface area (Å²) < 4.78 is 0. The molecule has 0 saturated carbocycles. The number of hydrogen-bond donors (Lipinski definition) is 0. The summed E-state index contributed by atoms with van der Waals surface area (Å²) in [4.78, 5) is 0. The van der Waals surface area contributed by atoms with E-state index in [2.05, 4.69) is 146 Å². The summed E-state index contributed by atoms with van der Waals surface area (Å²) in [6, 6.07) is 52.7. The van der Waals surface area contributed by atoms with Crippen LogP contribution >= 0.6 is 0 Å². The second-order valence-electron chi connectivity index (χ2n) is 9.45. The van der Waals surface area contributed by atoms with E-state index in [1.54, 1.807) is 0 Å². The molecular weight excluding hydrogens is 432 g/mol. The van der Waals surface area contributed by atoms with Crippen LogP contribution in [0.2, 0.25) is 0 Å². The van der Waals surface area contributed by atoms with E-state index in [1.807, 2.05) is 0 Å². The van der Waals surface area contributed by atoms with Gasteiger partial charge in [0.1, 0.15) is 0 Å². The van der Waals surface area contributed by atoms with Crippen molar-refractivity contribution in [2.45, 2.75) is 12.8 Å². The Morgan fingerprint density at radius 3 is 1.56 bits per heavy atom. The van der Waals surface area contributed by atoms with E-state index in [-0.39, 0.29) is 0 Å². The molecular formula is C36H28. The first-order chi connectivity index (χ1) is 17.8. The monoisotopic (exact) mass is 460 g/mol. The predicted molar refractivity (Wildman–Crippen MR) is 153 cm³/mol. The van der Waals surface area contributed by atoms with Gasteiger partial charge in [-0.3, -0.25) is 0 Å². The maximum absolute atomic E-state index is 2.39. The van der Waals surface area contributed by atoms with Crippen LogP contribution in [0.5, 0.6) is 0 Å². The topological polar surface area (TPSA) is 0 Å². The number of benzene rings is 6. The first-order valence-electron chi connectivity index (χ1n) is 12.6. The third kappa shape index (κ3) is 4.85. The largest absolute Gasteiger partial charge is 0.0622 e. The highest BCUT2D eigenvalue weighted by atomic mass is 14.1. The Morgan fingerprint density at radius 2 is 0.833 bits per heavy atom. The highest BCUT2D eigenvalue weighted by Crippen LogP contribution is 2.28. The lowest BCUT2D eigenvalue weighted by Gasteiger charge is -2.14. The lowest BCUT2D eigenvalue weighted by Crippen LogP contribution is -1.98. The molecule has 0 nitrogen and oxygen atoms in total. The molecule has 6 aromatic carbocycles. The average molecular weight is 461 g/mol. The fourth-order valence-corrected chi connectivity index (χ4v) is 5.01. The smallest absolute Gasteiger partial charge is 0.00227 e. The van der Waals surface area contributed by atoms with Gasteiger partial charge in [0, 0.05) is 0 Å². The van der Waals surface area contributed by atoms with Crippen molar-refractivity contribution in [2.24, 2.45) is 0 Å². The summed E-state index contributed by atoms with van der Waals surface area (Å²) in [5.41, 5.74) is 10.5. The van der Waals surface area contributed by atoms with Gasteiger partial charge in [-0.05, 0) is 68.1 Å². The molecule has 0 aromatic heterocycles. The molecule has 0 fully saturated rings. The minimum atomic E-state index is 0.915. The molecule has 0 aliphatic rings. The van der Waals surface area contributed by atoms with E-state index < -0.39 is 0 Å². The quantitative estimate of drug-likeness (QED) is 0.232. The van der Waals surface area contributed by atoms with Crippen LogP contribution in [-0.4, -0.2) is 0 Å². The Balaban J connectivity index is 1.34. The second kappa shape index (κ2) is 10.1. The molecule has 0 aliphatic heterocycles. The van der Waals surface area contributed by atoms with Crippen LogP contribution in [0.3, 0.4) is 0 Å². The van der Waals surface area contributed by atoms with Crippen molar-refractivity contribution < 1.29 is 0 Å². The molecule has 0 heterocycles. The van der Waals surface area contributed by atoms with Crippen LogP contribution in [0.4, 0.5) is 0 Å². The van der Waals surface area contributed by atoms with Crippen molar-refractivity contribution in [3.05, 3.63) is 168 Å². The molecule has 0 spiro atoms. The van der Waals surface area contributed by atoms with E-state index in [9.17, 15) is 0 Å². The van der Waals surface area contributed by atoms with Gasteiger partial charge in [0.2, 0.25) is 0 Å². The molecule has 0 aliphatic carbocycles. The Morgan fingerprint density at radius 1 is 0.306 bits per heavy atom. The Hall–Kier alpha value is -4.42. The van der Waals surface area contributed by atoms with Gasteiger partial charge >= 0.3 is 0 Å². The summed E-state index contributed by atoms with van der Waals surface area (Å²) in [7, 11) is 0. The number of hydrogen-bond acceptors (Lipinski definition) is 0. The molecule has 0 amide bonds. The summed E-state index contributed by atoms with van der Waals surface area (Å²) >= 11 is 0. The van der Waals surface area contributed by atoms with Crippen molar-refractivity contribution in [2.75, 3.05) is 0 Å². The maximum atomic E-state index is 2.39. The fourth-order valence-electron chi connectivity index (χ4n) is 5.01. The highest BCUT2D eigenvalue weighted by Gasteiger charge is 2.09. The minimum absolute atomic E-state index is 0.915. The SMILES string of the molecule is c1ccc(-c2ccc(Cc3cc(-c4ccccc4)ccc3Cc3ccc4ccccc4c3)cc2)cc1. The molecule has 0 saturated heterocycles. The lowest BCUT2D eigenvalue weighted by molar-refractivity contribution is 1.09. The van der Waals surface area contributed by atoms with Gasteiger partial charge in [-0.15, -0.1) is 0 Å². The number of rotatable bonds is 6. The molecule has 0 unspecified atom stereocenters. The van der Waals surface area contributed by atoms with Crippen LogP contribution in [0, 0.1) is 0 Å². The summed E-state index contributed by atoms with van der Waals surface area (Å²) in [6.45, 7) is 0. The summed E-state index contributed by atoms with van der Waals surface area (Å²) in [5.74, 6) is 0. The zero-order chi connectivity index (χ0) is 24.2. The van der Waals surface area contributed by atoms with Crippen LogP contribution < -0.4 is 0 Å². The fraction of sp³-hybridized carbons (Fsp3) is 0.0556. The Kier molecular flexibility index (Phi) is 6.17. The van der Waals surface area contributed by atoms with E-state index in [1.165, 1.54) is 55.3 Å². The molecule has 0 heteroatoms. The zero-order valence-electron chi connectivity index (χ0n) is 20.3. The minimum Gasteiger partial charge on any atom is -0.0622 e.